The zero-order valence-corrected chi connectivity index (χ0v) is 12.9. The molecule has 0 spiro atoms. The van der Waals surface area contributed by atoms with Gasteiger partial charge in [-0.3, -0.25) is 0 Å². The largest absolute Gasteiger partial charge is 0.347 e. The molecule has 4 nitrogen and oxygen atoms in total. The Labute approximate surface area is 120 Å². The van der Waals surface area contributed by atoms with Crippen LogP contribution in [-0.4, -0.2) is 31.0 Å². The van der Waals surface area contributed by atoms with E-state index in [1.165, 1.54) is 17.2 Å². The average molecular weight is 294 g/mol. The van der Waals surface area contributed by atoms with E-state index < -0.39 is 9.84 Å². The maximum atomic E-state index is 11.2. The fraction of sp³-hybridized carbons (Fsp3) is 0.467. The van der Waals surface area contributed by atoms with Crippen LogP contribution in [-0.2, 0) is 22.8 Å². The molecule has 110 valence electrons. The number of fused-ring (bicyclic) bond motifs is 1. The Morgan fingerprint density at radius 2 is 2.05 bits per heavy atom. The lowest BCUT2D eigenvalue weighted by atomic mass is 10.1. The monoisotopic (exact) mass is 294 g/mol. The van der Waals surface area contributed by atoms with Gasteiger partial charge in [0.15, 0.2) is 0 Å². The molecule has 0 radical (unpaired) electrons. The van der Waals surface area contributed by atoms with Crippen LogP contribution in [0.2, 0.25) is 0 Å². The van der Waals surface area contributed by atoms with Gasteiger partial charge in [-0.05, 0) is 42.8 Å². The molecule has 1 atom stereocenters. The van der Waals surface area contributed by atoms with Crippen LogP contribution < -0.4 is 5.73 Å². The number of hydrogen-bond donors (Lipinski definition) is 1. The number of benzene rings is 1. The minimum absolute atomic E-state index is 0.140. The summed E-state index contributed by atoms with van der Waals surface area (Å²) in [5.74, 6) is 0.228. The summed E-state index contributed by atoms with van der Waals surface area (Å²) in [5, 5.41) is 1.18. The Morgan fingerprint density at radius 1 is 1.30 bits per heavy atom. The standard InChI is InChI=1S/C15H22N2O2S/c1-12(16)10-13-4-5-14-6-8-17(15(14)11-13)7-3-9-20(2,18)19/h4-6,8,11-12H,3,7,9-10,16H2,1-2H3. The van der Waals surface area contributed by atoms with Gasteiger partial charge >= 0.3 is 0 Å². The van der Waals surface area contributed by atoms with Gasteiger partial charge in [0.05, 0.1) is 5.75 Å². The zero-order chi connectivity index (χ0) is 14.8. The normalized spacial score (nSPS) is 13.8. The number of nitrogens with two attached hydrogens (primary N) is 1. The zero-order valence-electron chi connectivity index (χ0n) is 12.0. The third-order valence-electron chi connectivity index (χ3n) is 3.31. The number of hydrogen-bond acceptors (Lipinski definition) is 3. The smallest absolute Gasteiger partial charge is 0.147 e. The Bertz CT molecular complexity index is 687. The van der Waals surface area contributed by atoms with Crippen molar-refractivity contribution in [1.82, 2.24) is 4.57 Å². The van der Waals surface area contributed by atoms with Crippen molar-refractivity contribution in [2.24, 2.45) is 5.73 Å². The second-order valence-electron chi connectivity index (χ2n) is 5.57. The molecule has 2 N–H and O–H groups in total. The molecule has 0 bridgehead atoms. The van der Waals surface area contributed by atoms with E-state index >= 15 is 0 Å². The van der Waals surface area contributed by atoms with Gasteiger partial charge in [0.2, 0.25) is 0 Å². The van der Waals surface area contributed by atoms with E-state index in [4.69, 9.17) is 5.73 Å². The van der Waals surface area contributed by atoms with Crippen LogP contribution in [0.4, 0.5) is 0 Å². The minimum Gasteiger partial charge on any atom is -0.347 e. The summed E-state index contributed by atoms with van der Waals surface area (Å²) in [7, 11) is -2.88. The van der Waals surface area contributed by atoms with Crippen LogP contribution in [0.25, 0.3) is 10.9 Å². The van der Waals surface area contributed by atoms with E-state index in [-0.39, 0.29) is 11.8 Å². The molecular formula is C15H22N2O2S. The van der Waals surface area contributed by atoms with Crippen molar-refractivity contribution in [3.05, 3.63) is 36.0 Å². The van der Waals surface area contributed by atoms with Crippen LogP contribution in [0.5, 0.6) is 0 Å². The molecule has 1 heterocycles. The van der Waals surface area contributed by atoms with Crippen molar-refractivity contribution in [2.45, 2.75) is 32.4 Å². The number of rotatable bonds is 6. The average Bonchev–Trinajstić information content (AvgIpc) is 2.70. The molecule has 0 amide bonds. The van der Waals surface area contributed by atoms with Crippen LogP contribution in [0.15, 0.2) is 30.5 Å². The summed E-state index contributed by atoms with van der Waals surface area (Å²) in [6.07, 6.45) is 4.79. The van der Waals surface area contributed by atoms with Gasteiger partial charge in [-0.1, -0.05) is 12.1 Å². The summed E-state index contributed by atoms with van der Waals surface area (Å²) < 4.78 is 24.5. The van der Waals surface area contributed by atoms with Crippen molar-refractivity contribution < 1.29 is 8.42 Å². The number of nitrogens with zero attached hydrogens (tertiary/aromatic N) is 1. The predicted molar refractivity (Wildman–Crippen MR) is 83.6 cm³/mol. The van der Waals surface area contributed by atoms with Crippen molar-refractivity contribution in [3.63, 3.8) is 0 Å². The second kappa shape index (κ2) is 5.97. The predicted octanol–water partition coefficient (Wildman–Crippen LogP) is 1.97. The third-order valence-corrected chi connectivity index (χ3v) is 4.34. The fourth-order valence-corrected chi connectivity index (χ4v) is 3.07. The lowest BCUT2D eigenvalue weighted by Crippen LogP contribution is -2.17. The molecule has 0 aliphatic heterocycles. The molecule has 0 saturated carbocycles. The Balaban J connectivity index is 2.16. The molecule has 0 aliphatic rings. The van der Waals surface area contributed by atoms with E-state index in [9.17, 15) is 8.42 Å². The second-order valence-corrected chi connectivity index (χ2v) is 7.83. The Hall–Kier alpha value is -1.33. The molecule has 0 aliphatic carbocycles. The summed E-state index contributed by atoms with van der Waals surface area (Å²) >= 11 is 0. The van der Waals surface area contributed by atoms with Gasteiger partial charge in [-0.15, -0.1) is 0 Å². The lowest BCUT2D eigenvalue weighted by Gasteiger charge is -2.08. The Morgan fingerprint density at radius 3 is 2.70 bits per heavy atom. The highest BCUT2D eigenvalue weighted by atomic mass is 32.2. The first-order chi connectivity index (χ1) is 9.35. The summed E-state index contributed by atoms with van der Waals surface area (Å²) in [6.45, 7) is 2.72. The highest BCUT2D eigenvalue weighted by Crippen LogP contribution is 2.19. The first-order valence-corrected chi connectivity index (χ1v) is 8.92. The number of aryl methyl sites for hydroxylation is 1. The lowest BCUT2D eigenvalue weighted by molar-refractivity contribution is 0.593. The third kappa shape index (κ3) is 4.08. The van der Waals surface area contributed by atoms with Crippen molar-refractivity contribution in [2.75, 3.05) is 12.0 Å². The maximum Gasteiger partial charge on any atom is 0.147 e. The molecule has 20 heavy (non-hydrogen) atoms. The van der Waals surface area contributed by atoms with Crippen molar-refractivity contribution in [3.8, 4) is 0 Å². The highest BCUT2D eigenvalue weighted by Gasteiger charge is 2.06. The summed E-state index contributed by atoms with van der Waals surface area (Å²) in [6, 6.07) is 8.55. The number of sulfone groups is 1. The summed E-state index contributed by atoms with van der Waals surface area (Å²) in [4.78, 5) is 0. The van der Waals surface area contributed by atoms with Crippen LogP contribution in [0, 0.1) is 0 Å². The molecule has 1 aromatic heterocycles. The molecule has 1 unspecified atom stereocenters. The first-order valence-electron chi connectivity index (χ1n) is 6.86. The molecule has 0 saturated heterocycles. The van der Waals surface area contributed by atoms with Gasteiger partial charge in [-0.2, -0.15) is 0 Å². The maximum absolute atomic E-state index is 11.2. The minimum atomic E-state index is -2.88. The Kier molecular flexibility index (Phi) is 4.50. The van der Waals surface area contributed by atoms with E-state index in [0.717, 1.165) is 18.5 Å². The molecular weight excluding hydrogens is 272 g/mol. The molecule has 0 fully saturated rings. The fourth-order valence-electron chi connectivity index (χ4n) is 2.42. The van der Waals surface area contributed by atoms with Gasteiger partial charge < -0.3 is 10.3 Å². The molecule has 2 rings (SSSR count). The van der Waals surface area contributed by atoms with E-state index in [0.29, 0.717) is 6.42 Å². The molecule has 5 heteroatoms. The SMILES string of the molecule is CC(N)Cc1ccc2ccn(CCCS(C)(=O)=O)c2c1. The molecule has 1 aromatic carbocycles. The van der Waals surface area contributed by atoms with E-state index in [2.05, 4.69) is 28.8 Å². The summed E-state index contributed by atoms with van der Waals surface area (Å²) in [5.41, 5.74) is 8.20. The van der Waals surface area contributed by atoms with E-state index in [1.807, 2.05) is 13.1 Å². The van der Waals surface area contributed by atoms with Gasteiger partial charge in [0.25, 0.3) is 0 Å². The van der Waals surface area contributed by atoms with E-state index in [1.54, 1.807) is 0 Å². The first kappa shape index (κ1) is 15.1. The van der Waals surface area contributed by atoms with Gasteiger partial charge in [0, 0.05) is 30.6 Å². The van der Waals surface area contributed by atoms with Crippen LogP contribution in [0.1, 0.15) is 18.9 Å². The van der Waals surface area contributed by atoms with Gasteiger partial charge in [0.1, 0.15) is 9.84 Å². The highest BCUT2D eigenvalue weighted by molar-refractivity contribution is 7.90. The van der Waals surface area contributed by atoms with Crippen LogP contribution in [0.3, 0.4) is 0 Å². The van der Waals surface area contributed by atoms with Crippen molar-refractivity contribution in [1.29, 1.82) is 0 Å². The number of aromatic nitrogens is 1. The molecule has 2 aromatic rings. The van der Waals surface area contributed by atoms with Crippen LogP contribution >= 0.6 is 0 Å². The quantitative estimate of drug-likeness (QED) is 0.886. The van der Waals surface area contributed by atoms with Gasteiger partial charge in [-0.25, -0.2) is 8.42 Å². The topological polar surface area (TPSA) is 65.1 Å². The van der Waals surface area contributed by atoms with Crippen molar-refractivity contribution >= 4 is 20.7 Å².